The maximum absolute atomic E-state index is 12.7. The number of halogens is 3. The van der Waals surface area contributed by atoms with Gasteiger partial charge in [0.05, 0.1) is 5.56 Å². The topological polar surface area (TPSA) is 54.0 Å². The van der Waals surface area contributed by atoms with Crippen LogP contribution in [0.4, 0.5) is 19.0 Å². The van der Waals surface area contributed by atoms with Crippen LogP contribution in [0.5, 0.6) is 0 Å². The van der Waals surface area contributed by atoms with E-state index >= 15 is 0 Å². The van der Waals surface area contributed by atoms with Crippen molar-refractivity contribution in [3.8, 4) is 0 Å². The van der Waals surface area contributed by atoms with Crippen molar-refractivity contribution in [2.24, 2.45) is 0 Å². The monoisotopic (exact) mass is 299 g/mol. The first-order chi connectivity index (χ1) is 9.95. The summed E-state index contributed by atoms with van der Waals surface area (Å²) in [5.41, 5.74) is -0.829. The van der Waals surface area contributed by atoms with Crippen LogP contribution in [0.2, 0.25) is 0 Å². The number of hydrogen-bond acceptors (Lipinski definition) is 3. The fourth-order valence-corrected chi connectivity index (χ4v) is 1.45. The average Bonchev–Trinajstić information content (AvgIpc) is 2.43. The molecule has 1 rings (SSSR count). The summed E-state index contributed by atoms with van der Waals surface area (Å²) in [5.74, 6) is -0.560. The van der Waals surface area contributed by atoms with Crippen LogP contribution in [0.3, 0.4) is 0 Å². The van der Waals surface area contributed by atoms with Crippen molar-refractivity contribution < 1.29 is 18.0 Å². The molecule has 0 bridgehead atoms. The van der Waals surface area contributed by atoms with Crippen molar-refractivity contribution in [2.45, 2.75) is 13.1 Å². The zero-order chi connectivity index (χ0) is 15.7. The maximum atomic E-state index is 12.7. The number of nitrogens with zero attached hydrogens (tertiary/aromatic N) is 1. The van der Waals surface area contributed by atoms with Gasteiger partial charge in [0.25, 0.3) is 0 Å². The highest BCUT2D eigenvalue weighted by molar-refractivity contribution is 5.87. The van der Waals surface area contributed by atoms with E-state index in [0.717, 1.165) is 6.07 Å². The molecule has 21 heavy (non-hydrogen) atoms. The Morgan fingerprint density at radius 1 is 1.33 bits per heavy atom. The number of nitrogens with one attached hydrogen (secondary N) is 2. The molecule has 0 spiro atoms. The smallest absolute Gasteiger partial charge is 0.368 e. The fraction of sp³-hybridized carbons (Fsp3) is 0.286. The quantitative estimate of drug-likeness (QED) is 0.482. The van der Waals surface area contributed by atoms with Crippen molar-refractivity contribution in [1.29, 1.82) is 0 Å². The van der Waals surface area contributed by atoms with Crippen LogP contribution in [-0.2, 0) is 11.0 Å². The summed E-state index contributed by atoms with van der Waals surface area (Å²) >= 11 is 0. The lowest BCUT2D eigenvalue weighted by Crippen LogP contribution is -2.27. The minimum absolute atomic E-state index is 0.142. The highest BCUT2D eigenvalue weighted by Crippen LogP contribution is 2.33. The van der Waals surface area contributed by atoms with E-state index in [1.165, 1.54) is 18.3 Å². The van der Waals surface area contributed by atoms with Crippen molar-refractivity contribution >= 4 is 11.7 Å². The van der Waals surface area contributed by atoms with Gasteiger partial charge in [-0.15, -0.1) is 0 Å². The van der Waals surface area contributed by atoms with Gasteiger partial charge in [0.1, 0.15) is 5.82 Å². The fourth-order valence-electron chi connectivity index (χ4n) is 1.45. The van der Waals surface area contributed by atoms with E-state index in [2.05, 4.69) is 15.6 Å². The van der Waals surface area contributed by atoms with Crippen LogP contribution in [-0.4, -0.2) is 24.0 Å². The molecular weight excluding hydrogens is 283 g/mol. The predicted molar refractivity (Wildman–Crippen MR) is 74.7 cm³/mol. The van der Waals surface area contributed by atoms with Gasteiger partial charge >= 0.3 is 6.18 Å². The predicted octanol–water partition coefficient (Wildman–Crippen LogP) is 2.76. The number of anilines is 1. The van der Waals surface area contributed by atoms with Crippen molar-refractivity contribution in [3.05, 3.63) is 48.2 Å². The summed E-state index contributed by atoms with van der Waals surface area (Å²) in [4.78, 5) is 15.0. The van der Waals surface area contributed by atoms with E-state index in [1.807, 2.05) is 6.92 Å². The van der Waals surface area contributed by atoms with Crippen LogP contribution in [0.15, 0.2) is 42.6 Å². The van der Waals surface area contributed by atoms with Gasteiger partial charge in [-0.05, 0) is 19.1 Å². The number of carbonyl (C=O) groups excluding carboxylic acids is 1. The highest BCUT2D eigenvalue weighted by atomic mass is 19.4. The third-order valence-electron chi connectivity index (χ3n) is 2.38. The molecule has 0 atom stereocenters. The molecular formula is C14H16F3N3O. The second kappa shape index (κ2) is 8.08. The molecule has 1 aromatic rings. The first kappa shape index (κ1) is 16.7. The summed E-state index contributed by atoms with van der Waals surface area (Å²) in [7, 11) is 0. The van der Waals surface area contributed by atoms with E-state index in [9.17, 15) is 18.0 Å². The van der Waals surface area contributed by atoms with Crippen LogP contribution in [0.1, 0.15) is 12.5 Å². The van der Waals surface area contributed by atoms with Gasteiger partial charge in [0, 0.05) is 25.4 Å². The van der Waals surface area contributed by atoms with E-state index in [1.54, 1.807) is 18.2 Å². The first-order valence-electron chi connectivity index (χ1n) is 6.28. The summed E-state index contributed by atoms with van der Waals surface area (Å²) in [5, 5.41) is 5.10. The SMILES string of the molecule is C/C=C/C=C\C(=O)NCCNc1ncccc1C(F)(F)F. The molecule has 4 nitrogen and oxygen atoms in total. The Kier molecular flexibility index (Phi) is 6.45. The Balaban J connectivity index is 2.45. The molecule has 2 N–H and O–H groups in total. The van der Waals surface area contributed by atoms with Gasteiger partial charge in [-0.25, -0.2) is 4.98 Å². The molecule has 0 aliphatic carbocycles. The summed E-state index contributed by atoms with van der Waals surface area (Å²) in [6, 6.07) is 2.18. The lowest BCUT2D eigenvalue weighted by atomic mass is 10.2. The third kappa shape index (κ3) is 6.11. The third-order valence-corrected chi connectivity index (χ3v) is 2.38. The Labute approximate surface area is 120 Å². The Morgan fingerprint density at radius 2 is 2.10 bits per heavy atom. The largest absolute Gasteiger partial charge is 0.419 e. The van der Waals surface area contributed by atoms with Crippen LogP contribution < -0.4 is 10.6 Å². The number of carbonyl (C=O) groups is 1. The molecule has 0 fully saturated rings. The Bertz CT molecular complexity index is 524. The second-order valence-corrected chi connectivity index (χ2v) is 4.00. The summed E-state index contributed by atoms with van der Waals surface area (Å²) in [6.07, 6.45) is 3.18. The molecule has 1 amide bonds. The number of aromatic nitrogens is 1. The van der Waals surface area contributed by atoms with E-state index in [4.69, 9.17) is 0 Å². The Hall–Kier alpha value is -2.31. The van der Waals surface area contributed by atoms with Gasteiger partial charge in [-0.1, -0.05) is 18.2 Å². The zero-order valence-corrected chi connectivity index (χ0v) is 11.4. The number of pyridine rings is 1. The van der Waals surface area contributed by atoms with Crippen LogP contribution >= 0.6 is 0 Å². The first-order valence-corrected chi connectivity index (χ1v) is 6.28. The van der Waals surface area contributed by atoms with E-state index in [0.29, 0.717) is 0 Å². The van der Waals surface area contributed by atoms with E-state index < -0.39 is 11.7 Å². The molecule has 7 heteroatoms. The average molecular weight is 299 g/mol. The Morgan fingerprint density at radius 3 is 2.76 bits per heavy atom. The molecule has 0 unspecified atom stereocenters. The number of hydrogen-bond donors (Lipinski definition) is 2. The van der Waals surface area contributed by atoms with Gasteiger partial charge < -0.3 is 10.6 Å². The lowest BCUT2D eigenvalue weighted by molar-refractivity contribution is -0.137. The van der Waals surface area contributed by atoms with E-state index in [-0.39, 0.29) is 24.8 Å². The molecule has 1 heterocycles. The molecule has 0 saturated heterocycles. The molecule has 0 aliphatic rings. The maximum Gasteiger partial charge on any atom is 0.419 e. The standard InChI is InChI=1S/C14H16F3N3O/c1-2-3-4-7-12(21)18-9-10-20-13-11(14(15,16)17)6-5-8-19-13/h2-8H,9-10H2,1H3,(H,18,21)(H,19,20)/b3-2+,7-4-. The van der Waals surface area contributed by atoms with Gasteiger partial charge in [-0.2, -0.15) is 13.2 Å². The molecule has 114 valence electrons. The van der Waals surface area contributed by atoms with Crippen molar-refractivity contribution in [2.75, 3.05) is 18.4 Å². The molecule has 0 aliphatic heterocycles. The molecule has 0 aromatic carbocycles. The molecule has 0 saturated carbocycles. The highest BCUT2D eigenvalue weighted by Gasteiger charge is 2.33. The molecule has 1 aromatic heterocycles. The van der Waals surface area contributed by atoms with Crippen molar-refractivity contribution in [3.63, 3.8) is 0 Å². The summed E-state index contributed by atoms with van der Waals surface area (Å²) < 4.78 is 38.1. The van der Waals surface area contributed by atoms with Crippen LogP contribution in [0, 0.1) is 0 Å². The number of allylic oxidation sites excluding steroid dienone is 3. The van der Waals surface area contributed by atoms with Gasteiger partial charge in [0.15, 0.2) is 0 Å². The zero-order valence-electron chi connectivity index (χ0n) is 11.4. The van der Waals surface area contributed by atoms with Crippen molar-refractivity contribution in [1.82, 2.24) is 10.3 Å². The summed E-state index contributed by atoms with van der Waals surface area (Å²) in [6.45, 7) is 2.15. The van der Waals surface area contributed by atoms with Gasteiger partial charge in [0.2, 0.25) is 5.91 Å². The minimum atomic E-state index is -4.46. The van der Waals surface area contributed by atoms with Crippen LogP contribution in [0.25, 0.3) is 0 Å². The minimum Gasteiger partial charge on any atom is -0.368 e. The normalized spacial score (nSPS) is 12.0. The lowest BCUT2D eigenvalue weighted by Gasteiger charge is -2.13. The number of alkyl halides is 3. The second-order valence-electron chi connectivity index (χ2n) is 4.00. The number of rotatable bonds is 6. The number of amides is 1. The molecule has 0 radical (unpaired) electrons. The van der Waals surface area contributed by atoms with Gasteiger partial charge in [-0.3, -0.25) is 4.79 Å².